The second-order valence-corrected chi connectivity index (χ2v) is 31.7. The van der Waals surface area contributed by atoms with Crippen LogP contribution in [0.5, 0.6) is 0 Å². The van der Waals surface area contributed by atoms with Gasteiger partial charge in [-0.3, -0.25) is 24.0 Å². The van der Waals surface area contributed by atoms with Crippen LogP contribution in [0.15, 0.2) is 0 Å². The van der Waals surface area contributed by atoms with Crippen LogP contribution in [-0.2, 0) is 114 Å². The van der Waals surface area contributed by atoms with Crippen LogP contribution >= 0.6 is 0 Å². The van der Waals surface area contributed by atoms with E-state index in [0.717, 1.165) is 34.6 Å². The molecule has 0 aliphatic carbocycles. The number of aliphatic hydroxyl groups excluding tert-OH is 26. The Morgan fingerprint density at radius 2 is 0.512 bits per heavy atom. The zero-order chi connectivity index (χ0) is 92.1. The second kappa shape index (κ2) is 44.9. The molecule has 0 bridgehead atoms. The Balaban J connectivity index is 1.06. The molecule has 10 aliphatic heterocycles. The van der Waals surface area contributed by atoms with Gasteiger partial charge >= 0.3 is 0 Å². The molecule has 5 amide bonds. The minimum Gasteiger partial charge on any atom is -0.394 e. The summed E-state index contributed by atoms with van der Waals surface area (Å²) in [6, 6.07) is -9.49. The average molecular weight is 1830 g/mol. The molecule has 0 spiro atoms. The molecule has 10 heterocycles. The van der Waals surface area contributed by atoms with Crippen molar-refractivity contribution < 1.29 is 247 Å². The first-order valence-corrected chi connectivity index (χ1v) is 40.0. The van der Waals surface area contributed by atoms with Gasteiger partial charge in [-0.15, -0.1) is 0 Å². The highest BCUT2D eigenvalue weighted by Gasteiger charge is 2.63. The molecule has 0 saturated carbocycles. The molecule has 0 aromatic rings. The summed E-state index contributed by atoms with van der Waals surface area (Å²) in [5.74, 6) is -4.66. The SMILES string of the molecule is CC(=O)N[C@@H]1[C@@H](O)[C@H](O[C@@H]2O[C@H](CO)[C@@H](O[C@@H]3O[C@H](CO[C@H]4O[C@H](CO)[C@@H](O)[C@H](O)[C@@H]4O[C@@H]4O[C@H](CO)[C@@H](O)[C@H](O)[C@H]4NC(C)=O)[C@@H](O)[C@H](O[C@H]4O[C@H](CO)[C@@H](O[C@@H]5O[C@H](CO)[C@@H](O[C@@H]6O[C@H](CO)[C@H](O)[C@H](O)[C@H]6O)[C@H](O[C@@H]6O[C@@H](C)[C@@H](O)[C@@H](O)[C@@H]6O)[C@H]5NC(C)=O)[C@H](O)[C@@H]4O[C@@H]4O[C@H](CO)[C@@H](O)[C@H](O)[C@H]4NC(C)=O)[C@@H]3O)[C@H](O)[C@H]2NC(C)=O)[C@@H](CO)O[C@H]1O. The van der Waals surface area contributed by atoms with Crippen molar-refractivity contribution >= 4 is 29.5 Å². The van der Waals surface area contributed by atoms with Gasteiger partial charge in [0.05, 0.1) is 65.6 Å². The van der Waals surface area contributed by atoms with Crippen molar-refractivity contribution in [3.8, 4) is 0 Å². The van der Waals surface area contributed by atoms with Gasteiger partial charge in [0.1, 0.15) is 238 Å². The van der Waals surface area contributed by atoms with Gasteiger partial charge in [-0.25, -0.2) is 0 Å². The highest BCUT2D eigenvalue weighted by molar-refractivity contribution is 5.75. The molecule has 10 aliphatic rings. The fourth-order valence-corrected chi connectivity index (χ4v) is 16.3. The van der Waals surface area contributed by atoms with Crippen LogP contribution in [-0.4, -0.2) is 529 Å². The zero-order valence-corrected chi connectivity index (χ0v) is 67.7. The summed E-state index contributed by atoms with van der Waals surface area (Å²) in [5, 5.41) is 305. The molecule has 0 aromatic heterocycles. The summed E-state index contributed by atoms with van der Waals surface area (Å²) in [7, 11) is 0. The molecule has 10 rings (SSSR count). The third-order valence-electron chi connectivity index (χ3n) is 22.8. The first kappa shape index (κ1) is 103. The number of rotatable bonds is 32. The molecular weight excluding hydrogens is 1710 g/mol. The standard InChI is InChI=1S/C70H117N5O50/c1-16-36(89)46(99)49(102)66(108-16)122-57-35(75-21(6)88)65(115-29(14-83)56(57)121-67-50(103)47(100)39(92)24(9-78)112-67)119-55-28(13-82)116-70(60(51(55)104)125-63-33(73-19(4)86)43(96)38(91)23(8-77)111-63)123-58-41(94)30(15-107-69-59(48(101)40(93)25(10-79)113-69)124-62-32(72-18(3)85)42(95)37(90)22(7-76)110-62)117-68(52(58)105)120-54-27(12-81)114-64(34(45(54)98)74-20(5)87)118-53-26(11-80)109-61(106)31(44(53)97)71-17(2)84/h16,22-70,76-83,89-106H,7-15H2,1-6H3,(H,71,84)(H,72,85)(H,73,86)(H,74,87)(H,75,88)/t16-,22+,23+,24+,25+,26+,27+,28+,29+,30+,31+,32+,33+,34+,35+,36+,37+,38+,39-,40+,41+,42+,43+,44+,45+,46+,47-,48-,49-,50+,51-,52-,53+,54+,55+,56+,57+,58-,59-,60-,61+,62-,63-,64-,65-,66-,67-,68-,69-,70+/m0/s1. The molecule has 55 nitrogen and oxygen atoms in total. The quantitative estimate of drug-likeness (QED) is 0.0297. The smallest absolute Gasteiger partial charge is 0.217 e. The van der Waals surface area contributed by atoms with E-state index in [-0.39, 0.29) is 0 Å². The van der Waals surface area contributed by atoms with Crippen LogP contribution in [0.25, 0.3) is 0 Å². The van der Waals surface area contributed by atoms with Gasteiger partial charge in [-0.2, -0.15) is 0 Å². The molecule has 10 fully saturated rings. The van der Waals surface area contributed by atoms with Gasteiger partial charge < -0.3 is 249 Å². The molecule has 0 radical (unpaired) electrons. The number of hydrogen-bond acceptors (Lipinski definition) is 50. The van der Waals surface area contributed by atoms with Crippen LogP contribution < -0.4 is 26.6 Å². The molecular formula is C70H117N5O50. The van der Waals surface area contributed by atoms with Gasteiger partial charge in [0.2, 0.25) is 29.5 Å². The summed E-state index contributed by atoms with van der Waals surface area (Å²) < 4.78 is 115. The predicted octanol–water partition coefficient (Wildman–Crippen LogP) is -21.1. The molecule has 50 atom stereocenters. The average Bonchev–Trinajstić information content (AvgIpc) is 0.768. The van der Waals surface area contributed by atoms with Crippen molar-refractivity contribution in [3.63, 3.8) is 0 Å². The van der Waals surface area contributed by atoms with Gasteiger partial charge in [0.15, 0.2) is 62.9 Å². The third kappa shape index (κ3) is 22.9. The maximum absolute atomic E-state index is 13.6. The first-order chi connectivity index (χ1) is 59.1. The van der Waals surface area contributed by atoms with Crippen LogP contribution in [0.4, 0.5) is 0 Å². The van der Waals surface area contributed by atoms with E-state index >= 15 is 0 Å². The highest BCUT2D eigenvalue weighted by Crippen LogP contribution is 2.42. The molecule has 55 heteroatoms. The number of carbonyl (C=O) groups is 5. The number of hydrogen-bond donors (Lipinski definition) is 31. The number of nitrogens with one attached hydrogen (secondary N) is 5. The first-order valence-electron chi connectivity index (χ1n) is 40.0. The lowest BCUT2D eigenvalue weighted by atomic mass is 9.93. The van der Waals surface area contributed by atoms with Crippen molar-refractivity contribution in [2.24, 2.45) is 0 Å². The van der Waals surface area contributed by atoms with Crippen LogP contribution in [0.1, 0.15) is 41.5 Å². The Hall–Kier alpha value is -4.45. The lowest BCUT2D eigenvalue weighted by Gasteiger charge is -2.52. The predicted molar refractivity (Wildman–Crippen MR) is 386 cm³/mol. The Labute approximate surface area is 708 Å². The second-order valence-electron chi connectivity index (χ2n) is 31.7. The van der Waals surface area contributed by atoms with Gasteiger partial charge in [0, 0.05) is 34.6 Å². The van der Waals surface area contributed by atoms with Crippen molar-refractivity contribution in [1.82, 2.24) is 26.6 Å². The van der Waals surface area contributed by atoms with Crippen molar-refractivity contribution in [1.29, 1.82) is 0 Å². The number of aliphatic hydroxyl groups is 26. The fourth-order valence-electron chi connectivity index (χ4n) is 16.3. The Morgan fingerprint density at radius 3 is 0.976 bits per heavy atom. The Morgan fingerprint density at radius 1 is 0.224 bits per heavy atom. The summed E-state index contributed by atoms with van der Waals surface area (Å²) >= 11 is 0. The van der Waals surface area contributed by atoms with Crippen LogP contribution in [0, 0.1) is 0 Å². The Bertz CT molecular complexity index is 3420. The zero-order valence-electron chi connectivity index (χ0n) is 67.7. The molecule has 125 heavy (non-hydrogen) atoms. The van der Waals surface area contributed by atoms with E-state index in [4.69, 9.17) is 90.0 Å². The van der Waals surface area contributed by atoms with Crippen LogP contribution in [0.3, 0.4) is 0 Å². The van der Waals surface area contributed by atoms with Gasteiger partial charge in [-0.1, -0.05) is 0 Å². The monoisotopic (exact) mass is 1830 g/mol. The minimum absolute atomic E-state index is 0.807. The van der Waals surface area contributed by atoms with Gasteiger partial charge in [-0.05, 0) is 6.92 Å². The lowest BCUT2D eigenvalue weighted by molar-refractivity contribution is -0.407. The number of carbonyl (C=O) groups excluding carboxylic acids is 5. The number of ether oxygens (including phenoxy) is 19. The molecule has 0 unspecified atom stereocenters. The van der Waals surface area contributed by atoms with E-state index in [0.29, 0.717) is 0 Å². The topological polar surface area (TPSA) is 847 Å². The maximum Gasteiger partial charge on any atom is 0.217 e. The summed E-state index contributed by atoms with van der Waals surface area (Å²) in [4.78, 5) is 64.5. The maximum atomic E-state index is 13.6. The van der Waals surface area contributed by atoms with Crippen molar-refractivity contribution in [2.45, 2.75) is 348 Å². The van der Waals surface area contributed by atoms with E-state index in [1.807, 2.05) is 0 Å². The van der Waals surface area contributed by atoms with Crippen LogP contribution in [0.2, 0.25) is 0 Å². The largest absolute Gasteiger partial charge is 0.394 e. The summed E-state index contributed by atoms with van der Waals surface area (Å²) in [6.07, 6.45) is -95.9. The van der Waals surface area contributed by atoms with E-state index in [2.05, 4.69) is 26.6 Å². The van der Waals surface area contributed by atoms with Gasteiger partial charge in [0.25, 0.3) is 0 Å². The normalized spacial score (nSPS) is 48.7. The highest BCUT2D eigenvalue weighted by atomic mass is 16.8. The lowest BCUT2D eigenvalue weighted by Crippen LogP contribution is -2.72. The Kier molecular flexibility index (Phi) is 36.8. The minimum atomic E-state index is -2.68. The number of amides is 5. The van der Waals surface area contributed by atoms with E-state index < -0.39 is 396 Å². The molecule has 0 aromatic carbocycles. The summed E-state index contributed by atoms with van der Waals surface area (Å²) in [6.45, 7) is -4.49. The molecule has 31 N–H and O–H groups in total. The van der Waals surface area contributed by atoms with E-state index in [1.54, 1.807) is 0 Å². The third-order valence-corrected chi connectivity index (χ3v) is 22.8. The summed E-state index contributed by atoms with van der Waals surface area (Å²) in [5.41, 5.74) is 0. The molecule has 722 valence electrons. The van der Waals surface area contributed by atoms with E-state index in [1.165, 1.54) is 6.92 Å². The van der Waals surface area contributed by atoms with Crippen molar-refractivity contribution in [2.75, 3.05) is 59.5 Å². The van der Waals surface area contributed by atoms with E-state index in [9.17, 15) is 157 Å². The fraction of sp³-hybridized carbons (Fsp3) is 0.929. The van der Waals surface area contributed by atoms with Crippen molar-refractivity contribution in [3.05, 3.63) is 0 Å². The molecule has 10 saturated heterocycles.